The molecule has 0 aliphatic carbocycles. The zero-order valence-electron chi connectivity index (χ0n) is 19.3. The average Bonchev–Trinajstić information content (AvgIpc) is 3.15. The molecule has 5 aromatic rings. The van der Waals surface area contributed by atoms with Crippen LogP contribution >= 0.6 is 0 Å². The van der Waals surface area contributed by atoms with Gasteiger partial charge in [-0.05, 0) is 61.1 Å². The lowest BCUT2D eigenvalue weighted by molar-refractivity contribution is -0.633. The van der Waals surface area contributed by atoms with E-state index in [0.717, 1.165) is 34.0 Å². The zero-order valence-corrected chi connectivity index (χ0v) is 19.3. The number of para-hydroxylation sites is 2. The van der Waals surface area contributed by atoms with Gasteiger partial charge in [0.25, 0.3) is 0 Å². The Morgan fingerprint density at radius 1 is 0.938 bits per heavy atom. The Balaban J connectivity index is 1.94. The van der Waals surface area contributed by atoms with Crippen molar-refractivity contribution in [1.82, 2.24) is 0 Å². The fourth-order valence-corrected chi connectivity index (χ4v) is 4.91. The third-order valence-electron chi connectivity index (χ3n) is 6.60. The number of hydrogen-bond acceptors (Lipinski definition) is 2. The molecule has 0 amide bonds. The summed E-state index contributed by atoms with van der Waals surface area (Å²) in [4.78, 5) is 0. The highest BCUT2D eigenvalue weighted by Gasteiger charge is 2.25. The Labute approximate surface area is 188 Å². The minimum absolute atomic E-state index is 0.557. The molecule has 0 spiro atoms. The van der Waals surface area contributed by atoms with Crippen LogP contribution in [0.5, 0.6) is 0 Å². The first-order valence-corrected chi connectivity index (χ1v) is 11.2. The van der Waals surface area contributed by atoms with E-state index >= 15 is 0 Å². The van der Waals surface area contributed by atoms with Gasteiger partial charge in [-0.2, -0.15) is 9.83 Å². The predicted octanol–water partition coefficient (Wildman–Crippen LogP) is 6.92. The van der Waals surface area contributed by atoms with Gasteiger partial charge in [-0.3, -0.25) is 0 Å². The molecule has 3 nitrogen and oxygen atoms in total. The largest absolute Gasteiger partial charge is 0.454 e. The summed E-state index contributed by atoms with van der Waals surface area (Å²) in [6.45, 7) is 8.85. The standard InChI is InChI=1S/C29H27N2O/c1-17(2)13-21-15-26(31(5)25-12-7-6-10-22(21)25)27-19(4)18(3)14-24-23-11-8-9-20(16-30)28(23)32-29(24)27/h6-12,14-15,17H,13H2,1-5H3/q+1. The van der Waals surface area contributed by atoms with E-state index in [1.807, 2.05) is 18.2 Å². The van der Waals surface area contributed by atoms with Gasteiger partial charge in [0, 0.05) is 28.3 Å². The van der Waals surface area contributed by atoms with Crippen LogP contribution in [0.1, 0.15) is 36.1 Å². The summed E-state index contributed by atoms with van der Waals surface area (Å²) < 4.78 is 8.72. The van der Waals surface area contributed by atoms with Crippen molar-refractivity contribution >= 4 is 32.8 Å². The van der Waals surface area contributed by atoms with Gasteiger partial charge in [0.1, 0.15) is 18.7 Å². The predicted molar refractivity (Wildman–Crippen MR) is 131 cm³/mol. The van der Waals surface area contributed by atoms with Gasteiger partial charge >= 0.3 is 0 Å². The minimum atomic E-state index is 0.557. The van der Waals surface area contributed by atoms with E-state index in [1.54, 1.807) is 0 Å². The molecule has 0 atom stereocenters. The fourth-order valence-electron chi connectivity index (χ4n) is 4.91. The molecule has 0 saturated heterocycles. The van der Waals surface area contributed by atoms with Crippen LogP contribution < -0.4 is 4.57 Å². The molecule has 0 fully saturated rings. The number of rotatable bonds is 3. The van der Waals surface area contributed by atoms with E-state index in [4.69, 9.17) is 4.42 Å². The van der Waals surface area contributed by atoms with Crippen LogP contribution in [0.3, 0.4) is 0 Å². The number of nitriles is 1. The summed E-state index contributed by atoms with van der Waals surface area (Å²) in [7, 11) is 2.13. The smallest absolute Gasteiger partial charge is 0.217 e. The molecular weight excluding hydrogens is 392 g/mol. The van der Waals surface area contributed by atoms with Crippen molar-refractivity contribution in [2.75, 3.05) is 0 Å². The second kappa shape index (κ2) is 7.50. The number of pyridine rings is 1. The molecule has 3 heteroatoms. The van der Waals surface area contributed by atoms with Gasteiger partial charge in [0.05, 0.1) is 11.1 Å². The quantitative estimate of drug-likeness (QED) is 0.298. The van der Waals surface area contributed by atoms with Crippen LogP contribution in [-0.2, 0) is 13.5 Å². The number of aryl methyl sites for hydroxylation is 2. The van der Waals surface area contributed by atoms with Crippen LogP contribution in [0.25, 0.3) is 44.1 Å². The summed E-state index contributed by atoms with van der Waals surface area (Å²) in [5.74, 6) is 0.557. The fraction of sp³-hybridized carbons (Fsp3) is 0.241. The van der Waals surface area contributed by atoms with Crippen LogP contribution in [0.4, 0.5) is 0 Å². The molecule has 0 radical (unpaired) electrons. The summed E-state index contributed by atoms with van der Waals surface area (Å²) in [5.41, 5.74) is 9.33. The first-order chi connectivity index (χ1) is 15.4. The molecule has 5 rings (SSSR count). The van der Waals surface area contributed by atoms with Crippen molar-refractivity contribution in [2.45, 2.75) is 34.1 Å². The lowest BCUT2D eigenvalue weighted by atomic mass is 9.92. The molecule has 0 unspecified atom stereocenters. The monoisotopic (exact) mass is 419 g/mol. The van der Waals surface area contributed by atoms with Crippen LogP contribution in [0.15, 0.2) is 59.0 Å². The van der Waals surface area contributed by atoms with Gasteiger partial charge in [-0.25, -0.2) is 0 Å². The number of benzene rings is 3. The van der Waals surface area contributed by atoms with Crippen LogP contribution in [0, 0.1) is 31.1 Å². The van der Waals surface area contributed by atoms with E-state index in [-0.39, 0.29) is 0 Å². The molecule has 0 aliphatic heterocycles. The summed E-state index contributed by atoms with van der Waals surface area (Å²) in [6, 6.07) is 21.2. The number of nitrogens with zero attached hydrogens (tertiary/aromatic N) is 2. The molecule has 3 aromatic carbocycles. The van der Waals surface area contributed by atoms with Gasteiger partial charge in [-0.15, -0.1) is 0 Å². The Morgan fingerprint density at radius 3 is 2.44 bits per heavy atom. The molecule has 0 bridgehead atoms. The topological polar surface area (TPSA) is 40.8 Å². The van der Waals surface area contributed by atoms with E-state index in [0.29, 0.717) is 17.1 Å². The van der Waals surface area contributed by atoms with Crippen LogP contribution in [-0.4, -0.2) is 0 Å². The minimum Gasteiger partial charge on any atom is -0.454 e. The summed E-state index contributed by atoms with van der Waals surface area (Å²) in [6.07, 6.45) is 1.01. The normalized spacial score (nSPS) is 11.7. The lowest BCUT2D eigenvalue weighted by Gasteiger charge is -2.13. The molecule has 158 valence electrons. The third kappa shape index (κ3) is 2.99. The van der Waals surface area contributed by atoms with Crippen molar-refractivity contribution in [2.24, 2.45) is 13.0 Å². The van der Waals surface area contributed by atoms with Gasteiger partial charge in [-0.1, -0.05) is 38.1 Å². The van der Waals surface area contributed by atoms with Gasteiger partial charge in [0.2, 0.25) is 11.2 Å². The molecule has 0 saturated carbocycles. The average molecular weight is 420 g/mol. The third-order valence-corrected chi connectivity index (χ3v) is 6.60. The molecule has 0 aliphatic rings. The first kappa shape index (κ1) is 20.3. The highest BCUT2D eigenvalue weighted by Crippen LogP contribution is 2.40. The van der Waals surface area contributed by atoms with E-state index in [9.17, 15) is 5.26 Å². The Morgan fingerprint density at radius 2 is 1.69 bits per heavy atom. The highest BCUT2D eigenvalue weighted by atomic mass is 16.3. The first-order valence-electron chi connectivity index (χ1n) is 11.2. The lowest BCUT2D eigenvalue weighted by Crippen LogP contribution is -2.33. The maximum absolute atomic E-state index is 9.62. The number of aromatic nitrogens is 1. The van der Waals surface area contributed by atoms with Crippen molar-refractivity contribution in [1.29, 1.82) is 5.26 Å². The Hall–Kier alpha value is -3.64. The van der Waals surface area contributed by atoms with E-state index in [1.165, 1.54) is 27.6 Å². The van der Waals surface area contributed by atoms with Crippen molar-refractivity contribution in [3.63, 3.8) is 0 Å². The second-order valence-electron chi connectivity index (χ2n) is 9.20. The number of hydrogen-bond donors (Lipinski definition) is 0. The maximum atomic E-state index is 9.62. The van der Waals surface area contributed by atoms with E-state index < -0.39 is 0 Å². The Kier molecular flexibility index (Phi) is 4.75. The van der Waals surface area contributed by atoms with Crippen LogP contribution in [0.2, 0.25) is 0 Å². The van der Waals surface area contributed by atoms with Crippen molar-refractivity contribution in [3.05, 3.63) is 76.9 Å². The zero-order chi connectivity index (χ0) is 22.6. The van der Waals surface area contributed by atoms with Crippen molar-refractivity contribution < 1.29 is 8.98 Å². The summed E-state index contributed by atoms with van der Waals surface area (Å²) in [5, 5.41) is 13.0. The second-order valence-corrected chi connectivity index (χ2v) is 9.20. The van der Waals surface area contributed by atoms with Crippen molar-refractivity contribution in [3.8, 4) is 17.3 Å². The molecular formula is C29H27N2O+. The molecule has 32 heavy (non-hydrogen) atoms. The van der Waals surface area contributed by atoms with Gasteiger partial charge in [0.15, 0.2) is 5.58 Å². The molecule has 0 N–H and O–H groups in total. The Bertz CT molecular complexity index is 1560. The van der Waals surface area contributed by atoms with E-state index in [2.05, 4.69) is 81.8 Å². The number of furan rings is 1. The number of fused-ring (bicyclic) bond motifs is 4. The highest BCUT2D eigenvalue weighted by molar-refractivity contribution is 6.11. The maximum Gasteiger partial charge on any atom is 0.217 e. The molecule has 2 heterocycles. The SMILES string of the molecule is Cc1cc2c(oc3c(C#N)cccc32)c(-c2cc(CC(C)C)c3ccccc3[n+]2C)c1C. The summed E-state index contributed by atoms with van der Waals surface area (Å²) >= 11 is 0. The molecule has 2 aromatic heterocycles. The van der Waals surface area contributed by atoms with Gasteiger partial charge < -0.3 is 4.42 Å².